The van der Waals surface area contributed by atoms with Gasteiger partial charge in [0, 0.05) is 44.3 Å². The summed E-state index contributed by atoms with van der Waals surface area (Å²) in [5.74, 6) is 0.987. The molecular weight excluding hydrogens is 388 g/mol. The predicted octanol–water partition coefficient (Wildman–Crippen LogP) is 0.555. The molecule has 2 aliphatic heterocycles. The number of piperidine rings is 1. The first-order valence-corrected chi connectivity index (χ1v) is 9.94. The lowest BCUT2D eigenvalue weighted by atomic mass is 10.1. The molecule has 0 aliphatic carbocycles. The van der Waals surface area contributed by atoms with Gasteiger partial charge in [0.2, 0.25) is 0 Å². The molecule has 0 aromatic carbocycles. The summed E-state index contributed by atoms with van der Waals surface area (Å²) in [7, 11) is 1.61. The summed E-state index contributed by atoms with van der Waals surface area (Å²) in [6.45, 7) is 1.99. The van der Waals surface area contributed by atoms with Crippen molar-refractivity contribution in [1.82, 2.24) is 24.1 Å². The van der Waals surface area contributed by atoms with Gasteiger partial charge in [-0.3, -0.25) is 9.20 Å². The van der Waals surface area contributed by atoms with Crippen molar-refractivity contribution in [2.45, 2.75) is 18.9 Å². The summed E-state index contributed by atoms with van der Waals surface area (Å²) in [5, 5.41) is 14.1. The Morgan fingerprint density at radius 1 is 1.30 bits per heavy atom. The number of hydrogen-bond donors (Lipinski definition) is 1. The number of likely N-dealkylation sites (tertiary alicyclic amines) is 1. The van der Waals surface area contributed by atoms with E-state index in [0.717, 1.165) is 18.5 Å². The fraction of sp³-hybridized carbons (Fsp3) is 0.400. The zero-order chi connectivity index (χ0) is 20.8. The van der Waals surface area contributed by atoms with Crippen molar-refractivity contribution in [3.05, 3.63) is 46.6 Å². The molecule has 5 rings (SSSR count). The van der Waals surface area contributed by atoms with E-state index in [9.17, 15) is 14.7 Å². The SMILES string of the molecule is Cn1nc2cc(N3CCOc4cc(C(=O)N5CCC[C@H](O)C5)cnc43)ccn2c1=O. The van der Waals surface area contributed by atoms with E-state index >= 15 is 0 Å². The van der Waals surface area contributed by atoms with E-state index in [-0.39, 0.29) is 11.6 Å². The molecule has 10 heteroatoms. The molecule has 30 heavy (non-hydrogen) atoms. The predicted molar refractivity (Wildman–Crippen MR) is 108 cm³/mol. The third kappa shape index (κ3) is 3.09. The fourth-order valence-corrected chi connectivity index (χ4v) is 4.03. The number of nitrogens with zero attached hydrogens (tertiary/aromatic N) is 6. The van der Waals surface area contributed by atoms with E-state index in [1.165, 1.54) is 9.08 Å². The average Bonchev–Trinajstić information content (AvgIpc) is 3.05. The smallest absolute Gasteiger partial charge is 0.350 e. The average molecular weight is 410 g/mol. The highest BCUT2D eigenvalue weighted by Crippen LogP contribution is 2.35. The summed E-state index contributed by atoms with van der Waals surface area (Å²) in [5.41, 5.74) is 1.62. The van der Waals surface area contributed by atoms with E-state index < -0.39 is 6.10 Å². The summed E-state index contributed by atoms with van der Waals surface area (Å²) < 4.78 is 8.56. The Morgan fingerprint density at radius 2 is 2.17 bits per heavy atom. The van der Waals surface area contributed by atoms with Crippen LogP contribution in [0.2, 0.25) is 0 Å². The highest BCUT2D eigenvalue weighted by molar-refractivity contribution is 5.95. The molecule has 3 aromatic rings. The summed E-state index contributed by atoms with van der Waals surface area (Å²) >= 11 is 0. The third-order valence-corrected chi connectivity index (χ3v) is 5.56. The maximum Gasteiger partial charge on any atom is 0.350 e. The first-order chi connectivity index (χ1) is 14.5. The highest BCUT2D eigenvalue weighted by Gasteiger charge is 2.27. The van der Waals surface area contributed by atoms with Gasteiger partial charge in [0.1, 0.15) is 6.61 Å². The van der Waals surface area contributed by atoms with E-state index in [0.29, 0.717) is 49.0 Å². The van der Waals surface area contributed by atoms with Gasteiger partial charge >= 0.3 is 5.69 Å². The number of aliphatic hydroxyl groups excluding tert-OH is 1. The summed E-state index contributed by atoms with van der Waals surface area (Å²) in [4.78, 5) is 33.0. The number of aliphatic hydroxyl groups is 1. The fourth-order valence-electron chi connectivity index (χ4n) is 4.03. The monoisotopic (exact) mass is 410 g/mol. The van der Waals surface area contributed by atoms with Crippen molar-refractivity contribution in [1.29, 1.82) is 0 Å². The minimum absolute atomic E-state index is 0.154. The molecule has 2 aliphatic rings. The zero-order valence-electron chi connectivity index (χ0n) is 16.6. The first-order valence-electron chi connectivity index (χ1n) is 9.94. The Labute approximate surface area is 171 Å². The van der Waals surface area contributed by atoms with Gasteiger partial charge < -0.3 is 19.6 Å². The maximum atomic E-state index is 12.8. The Kier molecular flexibility index (Phi) is 4.43. The van der Waals surface area contributed by atoms with E-state index in [4.69, 9.17) is 4.74 Å². The molecule has 3 aromatic heterocycles. The lowest BCUT2D eigenvalue weighted by Gasteiger charge is -2.32. The molecule has 1 amide bonds. The number of pyridine rings is 2. The number of anilines is 2. The van der Waals surface area contributed by atoms with Crippen LogP contribution in [0.4, 0.5) is 11.5 Å². The molecule has 1 fully saturated rings. The van der Waals surface area contributed by atoms with Gasteiger partial charge in [-0.05, 0) is 25.0 Å². The van der Waals surface area contributed by atoms with Crippen LogP contribution in [0.3, 0.4) is 0 Å². The number of ether oxygens (including phenoxy) is 1. The Morgan fingerprint density at radius 3 is 3.00 bits per heavy atom. The number of aryl methyl sites for hydroxylation is 1. The van der Waals surface area contributed by atoms with E-state index in [1.54, 1.807) is 30.4 Å². The van der Waals surface area contributed by atoms with Crippen LogP contribution in [-0.4, -0.2) is 67.4 Å². The lowest BCUT2D eigenvalue weighted by Crippen LogP contribution is -2.42. The highest BCUT2D eigenvalue weighted by atomic mass is 16.5. The molecule has 5 heterocycles. The molecule has 1 atom stereocenters. The second kappa shape index (κ2) is 7.13. The van der Waals surface area contributed by atoms with Crippen molar-refractivity contribution in [2.75, 3.05) is 31.1 Å². The van der Waals surface area contributed by atoms with Crippen LogP contribution in [0.25, 0.3) is 5.65 Å². The molecule has 0 radical (unpaired) electrons. The molecule has 156 valence electrons. The van der Waals surface area contributed by atoms with Gasteiger partial charge in [0.05, 0.1) is 18.2 Å². The summed E-state index contributed by atoms with van der Waals surface area (Å²) in [6.07, 6.45) is 4.27. The van der Waals surface area contributed by atoms with Crippen LogP contribution in [0.1, 0.15) is 23.2 Å². The molecular formula is C20H22N6O4. The maximum absolute atomic E-state index is 12.8. The van der Waals surface area contributed by atoms with Crippen LogP contribution < -0.4 is 15.3 Å². The standard InChI is InChI=1S/C20H22N6O4/c1-23-20(29)26-6-4-14(10-17(26)22-23)25-7-8-30-16-9-13(11-21-18(16)25)19(28)24-5-2-3-15(27)12-24/h4,6,9-11,15,27H,2-3,5,7-8,12H2,1H3/t15-/m0/s1. The van der Waals surface area contributed by atoms with E-state index in [1.807, 2.05) is 17.0 Å². The van der Waals surface area contributed by atoms with Crippen LogP contribution in [0.5, 0.6) is 5.75 Å². The minimum Gasteiger partial charge on any atom is -0.488 e. The van der Waals surface area contributed by atoms with Crippen molar-refractivity contribution >= 4 is 23.1 Å². The second-order valence-corrected chi connectivity index (χ2v) is 7.61. The molecule has 0 bridgehead atoms. The largest absolute Gasteiger partial charge is 0.488 e. The third-order valence-electron chi connectivity index (χ3n) is 5.56. The molecule has 0 saturated carbocycles. The van der Waals surface area contributed by atoms with Crippen LogP contribution in [-0.2, 0) is 7.05 Å². The van der Waals surface area contributed by atoms with Crippen molar-refractivity contribution in [3.63, 3.8) is 0 Å². The van der Waals surface area contributed by atoms with Crippen LogP contribution in [0.15, 0.2) is 35.4 Å². The zero-order valence-corrected chi connectivity index (χ0v) is 16.6. The van der Waals surface area contributed by atoms with E-state index in [2.05, 4.69) is 10.1 Å². The Bertz CT molecular complexity index is 1190. The number of fused-ring (bicyclic) bond motifs is 2. The number of carbonyl (C=O) groups excluding carboxylic acids is 1. The number of rotatable bonds is 2. The van der Waals surface area contributed by atoms with Gasteiger partial charge in [0.15, 0.2) is 17.2 Å². The second-order valence-electron chi connectivity index (χ2n) is 7.61. The topological polar surface area (TPSA) is 105 Å². The van der Waals surface area contributed by atoms with Gasteiger partial charge in [-0.2, -0.15) is 5.10 Å². The van der Waals surface area contributed by atoms with Crippen LogP contribution >= 0.6 is 0 Å². The van der Waals surface area contributed by atoms with Crippen molar-refractivity contribution in [3.8, 4) is 5.75 Å². The normalized spacial score (nSPS) is 18.9. The number of β-amino-alcohol motifs (C(OH)–C–C–N with tert-alkyl or cyclic N) is 1. The molecule has 0 unspecified atom stereocenters. The Hall–Kier alpha value is -3.40. The van der Waals surface area contributed by atoms with Gasteiger partial charge in [-0.25, -0.2) is 14.5 Å². The van der Waals surface area contributed by atoms with Crippen molar-refractivity contribution < 1.29 is 14.6 Å². The van der Waals surface area contributed by atoms with Crippen molar-refractivity contribution in [2.24, 2.45) is 7.05 Å². The summed E-state index contributed by atoms with van der Waals surface area (Å²) in [6, 6.07) is 5.37. The number of amides is 1. The molecule has 1 saturated heterocycles. The first kappa shape index (κ1) is 18.6. The van der Waals surface area contributed by atoms with Gasteiger partial charge in [-0.15, -0.1) is 0 Å². The minimum atomic E-state index is -0.478. The van der Waals surface area contributed by atoms with Gasteiger partial charge in [-0.1, -0.05) is 0 Å². The molecule has 10 nitrogen and oxygen atoms in total. The molecule has 1 N–H and O–H groups in total. The van der Waals surface area contributed by atoms with Gasteiger partial charge in [0.25, 0.3) is 5.91 Å². The number of hydrogen-bond acceptors (Lipinski definition) is 7. The quantitative estimate of drug-likeness (QED) is 0.658. The lowest BCUT2D eigenvalue weighted by molar-refractivity contribution is 0.0473. The molecule has 0 spiro atoms. The number of aromatic nitrogens is 4. The number of carbonyl (C=O) groups is 1. The van der Waals surface area contributed by atoms with Crippen LogP contribution in [0, 0.1) is 0 Å². The Balaban J connectivity index is 1.46.